The van der Waals surface area contributed by atoms with Crippen LogP contribution in [0.2, 0.25) is 0 Å². The number of imidazole rings is 1. The van der Waals surface area contributed by atoms with Gasteiger partial charge in [0, 0.05) is 30.1 Å². The van der Waals surface area contributed by atoms with Gasteiger partial charge in [0.25, 0.3) is 5.91 Å². The summed E-state index contributed by atoms with van der Waals surface area (Å²) < 4.78 is 16.7. The van der Waals surface area contributed by atoms with Gasteiger partial charge in [-0.3, -0.25) is 14.5 Å². The number of pyridine rings is 1. The van der Waals surface area contributed by atoms with Crippen molar-refractivity contribution in [2.45, 2.75) is 13.8 Å². The van der Waals surface area contributed by atoms with Crippen LogP contribution in [0.15, 0.2) is 60.9 Å². The first kappa shape index (κ1) is 20.5. The average Bonchev–Trinajstić information content (AvgIpc) is 3.36. The van der Waals surface area contributed by atoms with Crippen LogP contribution in [0.25, 0.3) is 28.2 Å². The summed E-state index contributed by atoms with van der Waals surface area (Å²) in [5, 5.41) is 12.0. The van der Waals surface area contributed by atoms with E-state index in [-0.39, 0.29) is 11.7 Å². The number of fused-ring (bicyclic) bond motifs is 1. The van der Waals surface area contributed by atoms with Gasteiger partial charge in [-0.25, -0.2) is 13.9 Å². The molecule has 0 unspecified atom stereocenters. The maximum atomic E-state index is 13.4. The highest BCUT2D eigenvalue weighted by Crippen LogP contribution is 2.30. The monoisotopic (exact) mass is 441 g/mol. The fraction of sp³-hybridized carbons (Fsp3) is 0.125. The molecule has 4 heterocycles. The highest BCUT2D eigenvalue weighted by Gasteiger charge is 2.16. The smallest absolute Gasteiger partial charge is 0.258 e. The first-order valence-corrected chi connectivity index (χ1v) is 10.3. The summed E-state index contributed by atoms with van der Waals surface area (Å²) in [5.74, 6) is -0.204. The number of carbonyl (C=O) groups excluding carboxylic acids is 1. The molecular formula is C24H20FN7O. The zero-order chi connectivity index (χ0) is 23.1. The van der Waals surface area contributed by atoms with E-state index < -0.39 is 0 Å². The number of benzene rings is 1. The Bertz CT molecular complexity index is 1500. The van der Waals surface area contributed by atoms with Crippen LogP contribution in [0.4, 0.5) is 10.2 Å². The first-order chi connectivity index (χ1) is 15.9. The second-order valence-corrected chi connectivity index (χ2v) is 7.76. The van der Waals surface area contributed by atoms with Crippen LogP contribution in [0.1, 0.15) is 21.7 Å². The number of nitrogens with zero attached hydrogens (tertiary/aromatic N) is 6. The third kappa shape index (κ3) is 3.96. The zero-order valence-electron chi connectivity index (χ0n) is 18.2. The summed E-state index contributed by atoms with van der Waals surface area (Å²) in [6.45, 7) is 3.68. The molecule has 0 spiro atoms. The molecule has 0 atom stereocenters. The molecule has 1 N–H and O–H groups in total. The fourth-order valence-electron chi connectivity index (χ4n) is 3.69. The second kappa shape index (κ2) is 7.94. The Hall–Kier alpha value is -4.40. The molecule has 164 valence electrons. The summed E-state index contributed by atoms with van der Waals surface area (Å²) in [4.78, 5) is 21.5. The standard InChI is InChI=1S/C24H20FN7O/c1-14-4-9-18(15(2)26-14)24(33)28-21-13-32-22(27-21)11-10-20(29-32)19-12-31(3)30-23(19)16-5-7-17(25)8-6-16/h4-13H,1-3H3,(H,28,33). The number of carbonyl (C=O) groups is 1. The molecule has 0 radical (unpaired) electrons. The van der Waals surface area contributed by atoms with Crippen LogP contribution in [0, 0.1) is 19.7 Å². The minimum atomic E-state index is -0.305. The number of rotatable bonds is 4. The van der Waals surface area contributed by atoms with E-state index in [4.69, 9.17) is 0 Å². The van der Waals surface area contributed by atoms with Crippen molar-refractivity contribution in [3.8, 4) is 22.5 Å². The molecule has 4 aromatic heterocycles. The maximum Gasteiger partial charge on any atom is 0.258 e. The maximum absolute atomic E-state index is 13.4. The van der Waals surface area contributed by atoms with Crippen LogP contribution in [-0.2, 0) is 7.05 Å². The van der Waals surface area contributed by atoms with E-state index in [0.717, 1.165) is 16.8 Å². The van der Waals surface area contributed by atoms with Gasteiger partial charge in [-0.2, -0.15) is 10.2 Å². The van der Waals surface area contributed by atoms with Crippen LogP contribution >= 0.6 is 0 Å². The first-order valence-electron chi connectivity index (χ1n) is 10.3. The number of halogens is 1. The van der Waals surface area contributed by atoms with Gasteiger partial charge in [0.1, 0.15) is 11.5 Å². The Morgan fingerprint density at radius 2 is 1.73 bits per heavy atom. The molecular weight excluding hydrogens is 421 g/mol. The largest absolute Gasteiger partial charge is 0.305 e. The molecule has 0 saturated carbocycles. The topological polar surface area (TPSA) is 90.0 Å². The lowest BCUT2D eigenvalue weighted by Gasteiger charge is -2.05. The number of amides is 1. The number of nitrogens with one attached hydrogen (secondary N) is 1. The van der Waals surface area contributed by atoms with E-state index in [2.05, 4.69) is 25.5 Å². The molecule has 1 amide bonds. The van der Waals surface area contributed by atoms with Gasteiger partial charge in [-0.15, -0.1) is 0 Å². The van der Waals surface area contributed by atoms with E-state index in [0.29, 0.717) is 34.1 Å². The minimum Gasteiger partial charge on any atom is -0.305 e. The van der Waals surface area contributed by atoms with Gasteiger partial charge >= 0.3 is 0 Å². The van der Waals surface area contributed by atoms with Crippen LogP contribution in [0.5, 0.6) is 0 Å². The molecule has 0 aliphatic heterocycles. The summed E-state index contributed by atoms with van der Waals surface area (Å²) in [6.07, 6.45) is 3.52. The molecule has 9 heteroatoms. The van der Waals surface area contributed by atoms with Crippen molar-refractivity contribution < 1.29 is 9.18 Å². The highest BCUT2D eigenvalue weighted by atomic mass is 19.1. The fourth-order valence-corrected chi connectivity index (χ4v) is 3.69. The van der Waals surface area contributed by atoms with Crippen molar-refractivity contribution in [3.05, 3.63) is 83.7 Å². The molecule has 33 heavy (non-hydrogen) atoms. The molecule has 0 bridgehead atoms. The molecule has 5 aromatic rings. The number of aryl methyl sites for hydroxylation is 3. The Labute approximate surface area is 188 Å². The minimum absolute atomic E-state index is 0.283. The Morgan fingerprint density at radius 3 is 2.48 bits per heavy atom. The van der Waals surface area contributed by atoms with Gasteiger partial charge in [0.05, 0.1) is 23.1 Å². The number of hydrogen-bond acceptors (Lipinski definition) is 5. The van der Waals surface area contributed by atoms with Gasteiger partial charge in [-0.05, 0) is 62.4 Å². The lowest BCUT2D eigenvalue weighted by Crippen LogP contribution is -2.14. The number of aromatic nitrogens is 6. The lowest BCUT2D eigenvalue weighted by atomic mass is 10.1. The van der Waals surface area contributed by atoms with E-state index in [1.807, 2.05) is 32.3 Å². The van der Waals surface area contributed by atoms with Crippen LogP contribution in [0.3, 0.4) is 0 Å². The Balaban J connectivity index is 1.47. The van der Waals surface area contributed by atoms with Crippen LogP contribution < -0.4 is 5.32 Å². The van der Waals surface area contributed by atoms with E-state index in [1.165, 1.54) is 12.1 Å². The number of anilines is 1. The summed E-state index contributed by atoms with van der Waals surface area (Å²) >= 11 is 0. The predicted octanol–water partition coefficient (Wildman–Crippen LogP) is 4.20. The normalized spacial score (nSPS) is 11.2. The average molecular weight is 441 g/mol. The third-order valence-corrected chi connectivity index (χ3v) is 5.25. The molecule has 1 aromatic carbocycles. The van der Waals surface area contributed by atoms with Gasteiger partial charge in [0.2, 0.25) is 0 Å². The van der Waals surface area contributed by atoms with Crippen molar-refractivity contribution in [2.24, 2.45) is 7.05 Å². The summed E-state index contributed by atoms with van der Waals surface area (Å²) in [7, 11) is 1.82. The second-order valence-electron chi connectivity index (χ2n) is 7.76. The van der Waals surface area contributed by atoms with E-state index in [9.17, 15) is 9.18 Å². The SMILES string of the molecule is Cc1ccc(C(=O)Nc2cn3nc(-c4cn(C)nc4-c4ccc(F)cc4)ccc3n2)c(C)n1. The predicted molar refractivity (Wildman–Crippen MR) is 122 cm³/mol. The molecule has 8 nitrogen and oxygen atoms in total. The highest BCUT2D eigenvalue weighted by molar-refractivity contribution is 6.04. The van der Waals surface area contributed by atoms with Crippen molar-refractivity contribution in [2.75, 3.05) is 5.32 Å². The molecule has 0 aliphatic rings. The Kier molecular flexibility index (Phi) is 4.93. The Morgan fingerprint density at radius 1 is 0.939 bits per heavy atom. The van der Waals surface area contributed by atoms with Gasteiger partial charge < -0.3 is 5.32 Å². The summed E-state index contributed by atoms with van der Waals surface area (Å²) in [5.41, 5.74) is 5.53. The van der Waals surface area contributed by atoms with E-state index in [1.54, 1.807) is 46.6 Å². The van der Waals surface area contributed by atoms with Crippen molar-refractivity contribution in [3.63, 3.8) is 0 Å². The van der Waals surface area contributed by atoms with Gasteiger partial charge in [-0.1, -0.05) is 0 Å². The summed E-state index contributed by atoms with van der Waals surface area (Å²) in [6, 6.07) is 13.4. The molecule has 0 aliphatic carbocycles. The molecule has 5 rings (SSSR count). The van der Waals surface area contributed by atoms with E-state index >= 15 is 0 Å². The zero-order valence-corrected chi connectivity index (χ0v) is 18.2. The third-order valence-electron chi connectivity index (χ3n) is 5.25. The molecule has 0 fully saturated rings. The molecule has 0 saturated heterocycles. The lowest BCUT2D eigenvalue weighted by molar-refractivity contribution is 0.102. The number of hydrogen-bond donors (Lipinski definition) is 1. The van der Waals surface area contributed by atoms with Crippen molar-refractivity contribution in [1.29, 1.82) is 0 Å². The van der Waals surface area contributed by atoms with Crippen molar-refractivity contribution in [1.82, 2.24) is 29.4 Å². The quantitative estimate of drug-likeness (QED) is 0.451. The van der Waals surface area contributed by atoms with Crippen molar-refractivity contribution >= 4 is 17.4 Å². The van der Waals surface area contributed by atoms with Crippen LogP contribution in [-0.4, -0.2) is 35.3 Å². The van der Waals surface area contributed by atoms with Gasteiger partial charge in [0.15, 0.2) is 11.5 Å².